The van der Waals surface area contributed by atoms with Crippen molar-refractivity contribution in [3.63, 3.8) is 0 Å². The van der Waals surface area contributed by atoms with Crippen LogP contribution in [0.1, 0.15) is 18.4 Å². The highest BCUT2D eigenvalue weighted by Crippen LogP contribution is 2.24. The highest BCUT2D eigenvalue weighted by atomic mass is 127. The Morgan fingerprint density at radius 1 is 1.26 bits per heavy atom. The van der Waals surface area contributed by atoms with Crippen molar-refractivity contribution in [2.75, 3.05) is 37.3 Å². The molecule has 4 N–H and O–H groups in total. The first-order valence-corrected chi connectivity index (χ1v) is 11.3. The van der Waals surface area contributed by atoms with Crippen molar-refractivity contribution in [3.8, 4) is 0 Å². The van der Waals surface area contributed by atoms with E-state index in [0.717, 1.165) is 49.0 Å². The number of aliphatic imine (C=N–C) groups is 1. The molecule has 1 saturated heterocycles. The van der Waals surface area contributed by atoms with Crippen LogP contribution in [0.2, 0.25) is 0 Å². The van der Waals surface area contributed by atoms with Gasteiger partial charge in [0.15, 0.2) is 5.96 Å². The molecule has 31 heavy (non-hydrogen) atoms. The van der Waals surface area contributed by atoms with Gasteiger partial charge in [-0.1, -0.05) is 24.3 Å². The van der Waals surface area contributed by atoms with Gasteiger partial charge in [-0.15, -0.1) is 35.7 Å². The Labute approximate surface area is 205 Å². The van der Waals surface area contributed by atoms with Gasteiger partial charge >= 0.3 is 0 Å². The summed E-state index contributed by atoms with van der Waals surface area (Å²) in [5.41, 5.74) is 6.61. The van der Waals surface area contributed by atoms with Gasteiger partial charge in [0.05, 0.1) is 5.92 Å². The molecule has 3 rings (SSSR count). The van der Waals surface area contributed by atoms with Gasteiger partial charge in [0.1, 0.15) is 5.82 Å². The summed E-state index contributed by atoms with van der Waals surface area (Å²) in [6.45, 7) is 2.93. The van der Waals surface area contributed by atoms with Crippen LogP contribution in [0.15, 0.2) is 58.5 Å². The van der Waals surface area contributed by atoms with Crippen molar-refractivity contribution in [1.82, 2.24) is 15.6 Å². The van der Waals surface area contributed by atoms with Crippen LogP contribution in [-0.4, -0.2) is 49.3 Å². The molecule has 2 heterocycles. The number of hydrogen-bond donors (Lipinski definition) is 3. The van der Waals surface area contributed by atoms with Gasteiger partial charge in [0.25, 0.3) is 0 Å². The number of carbonyl (C=O) groups excluding carboxylic acids is 1. The minimum Gasteiger partial charge on any atom is -0.369 e. The maximum Gasteiger partial charge on any atom is 0.222 e. The van der Waals surface area contributed by atoms with E-state index >= 15 is 0 Å². The van der Waals surface area contributed by atoms with E-state index in [1.165, 1.54) is 4.90 Å². The Morgan fingerprint density at radius 3 is 2.81 bits per heavy atom. The van der Waals surface area contributed by atoms with E-state index in [0.29, 0.717) is 13.1 Å². The lowest BCUT2D eigenvalue weighted by Gasteiger charge is -2.33. The predicted octanol–water partition coefficient (Wildman–Crippen LogP) is 2.86. The second-order valence-electron chi connectivity index (χ2n) is 7.19. The normalized spacial score (nSPS) is 16.4. The molecule has 1 unspecified atom stereocenters. The minimum absolute atomic E-state index is 0. The van der Waals surface area contributed by atoms with Crippen LogP contribution in [0, 0.1) is 5.92 Å². The van der Waals surface area contributed by atoms with Crippen LogP contribution in [-0.2, 0) is 11.3 Å². The van der Waals surface area contributed by atoms with Crippen molar-refractivity contribution in [1.29, 1.82) is 0 Å². The summed E-state index contributed by atoms with van der Waals surface area (Å²) in [5.74, 6) is 2.27. The number of halogens is 1. The summed E-state index contributed by atoms with van der Waals surface area (Å²) in [4.78, 5) is 23.9. The number of primary amides is 1. The summed E-state index contributed by atoms with van der Waals surface area (Å²) < 4.78 is 0. The van der Waals surface area contributed by atoms with Gasteiger partial charge in [-0.25, -0.2) is 4.98 Å². The summed E-state index contributed by atoms with van der Waals surface area (Å²) in [7, 11) is 1.77. The Balaban J connectivity index is 0.00000341. The SMILES string of the molecule is CN=C(NCCSc1ccccc1)NCc1cccnc1N1CCCC(C(N)=O)C1.I. The molecular formula is C22H31IN6OS. The fourth-order valence-electron chi connectivity index (χ4n) is 3.51. The number of benzene rings is 1. The summed E-state index contributed by atoms with van der Waals surface area (Å²) in [5, 5.41) is 6.72. The standard InChI is InChI=1S/C22H30N6OS.HI/c1-24-22(26-12-14-30-19-9-3-2-4-10-19)27-15-17-7-5-11-25-21(17)28-13-6-8-18(16-28)20(23)29;/h2-5,7,9-11,18H,6,8,12-16H2,1H3,(H2,23,29)(H2,24,26,27);1H. The summed E-state index contributed by atoms with van der Waals surface area (Å²) in [6.07, 6.45) is 3.59. The number of nitrogens with two attached hydrogens (primary N) is 1. The number of nitrogens with one attached hydrogen (secondary N) is 2. The molecule has 1 atom stereocenters. The monoisotopic (exact) mass is 554 g/mol. The molecule has 9 heteroatoms. The molecule has 1 fully saturated rings. The van der Waals surface area contributed by atoms with E-state index in [-0.39, 0.29) is 35.8 Å². The fraction of sp³-hybridized carbons (Fsp3) is 0.409. The van der Waals surface area contributed by atoms with Gasteiger partial charge in [-0.2, -0.15) is 0 Å². The van der Waals surface area contributed by atoms with Crippen molar-refractivity contribution < 1.29 is 4.79 Å². The van der Waals surface area contributed by atoms with Crippen LogP contribution in [0.25, 0.3) is 0 Å². The highest BCUT2D eigenvalue weighted by molar-refractivity contribution is 14.0. The van der Waals surface area contributed by atoms with Crippen LogP contribution in [0.4, 0.5) is 5.82 Å². The van der Waals surface area contributed by atoms with E-state index in [4.69, 9.17) is 5.73 Å². The van der Waals surface area contributed by atoms with Crippen LogP contribution >= 0.6 is 35.7 Å². The van der Waals surface area contributed by atoms with Gasteiger partial charge < -0.3 is 21.3 Å². The second-order valence-corrected chi connectivity index (χ2v) is 8.36. The smallest absolute Gasteiger partial charge is 0.222 e. The third kappa shape index (κ3) is 7.88. The lowest BCUT2D eigenvalue weighted by molar-refractivity contribution is -0.122. The van der Waals surface area contributed by atoms with Crippen molar-refractivity contribution in [2.24, 2.45) is 16.6 Å². The second kappa shape index (κ2) is 13.4. The molecule has 0 spiro atoms. The lowest BCUT2D eigenvalue weighted by Crippen LogP contribution is -2.42. The number of thioether (sulfide) groups is 1. The third-order valence-electron chi connectivity index (χ3n) is 5.07. The zero-order chi connectivity index (χ0) is 21.2. The molecule has 1 aromatic carbocycles. The number of carbonyl (C=O) groups is 1. The van der Waals surface area contributed by atoms with E-state index in [1.54, 1.807) is 13.2 Å². The molecular weight excluding hydrogens is 523 g/mol. The molecule has 1 aromatic heterocycles. The number of nitrogens with zero attached hydrogens (tertiary/aromatic N) is 3. The number of aromatic nitrogens is 1. The van der Waals surface area contributed by atoms with E-state index < -0.39 is 0 Å². The number of anilines is 1. The van der Waals surface area contributed by atoms with Crippen molar-refractivity contribution in [3.05, 3.63) is 54.2 Å². The summed E-state index contributed by atoms with van der Waals surface area (Å²) in [6, 6.07) is 14.4. The Bertz CT molecular complexity index is 851. The fourth-order valence-corrected chi connectivity index (χ4v) is 4.30. The van der Waals surface area contributed by atoms with E-state index in [1.807, 2.05) is 23.9 Å². The Hall–Kier alpha value is -2.01. The molecule has 7 nitrogen and oxygen atoms in total. The maximum absolute atomic E-state index is 11.6. The average molecular weight is 555 g/mol. The van der Waals surface area contributed by atoms with Gasteiger partial charge in [-0.05, 0) is 31.0 Å². The molecule has 168 valence electrons. The Morgan fingerprint density at radius 2 is 2.06 bits per heavy atom. The first-order valence-electron chi connectivity index (χ1n) is 10.3. The van der Waals surface area contributed by atoms with Crippen LogP contribution in [0.3, 0.4) is 0 Å². The number of hydrogen-bond acceptors (Lipinski definition) is 5. The molecule has 1 aliphatic rings. The summed E-state index contributed by atoms with van der Waals surface area (Å²) >= 11 is 1.81. The van der Waals surface area contributed by atoms with E-state index in [2.05, 4.69) is 55.8 Å². The van der Waals surface area contributed by atoms with Crippen LogP contribution in [0.5, 0.6) is 0 Å². The number of pyridine rings is 1. The Kier molecular flexibility index (Phi) is 10.9. The molecule has 1 aliphatic heterocycles. The molecule has 0 aliphatic carbocycles. The first-order chi connectivity index (χ1) is 14.7. The zero-order valence-electron chi connectivity index (χ0n) is 17.8. The predicted molar refractivity (Wildman–Crippen MR) is 139 cm³/mol. The first kappa shape index (κ1) is 25.3. The number of piperidine rings is 1. The molecule has 0 saturated carbocycles. The number of rotatable bonds is 8. The highest BCUT2D eigenvalue weighted by Gasteiger charge is 2.25. The maximum atomic E-state index is 11.6. The minimum atomic E-state index is -0.228. The van der Waals surface area contributed by atoms with Gasteiger partial charge in [-0.3, -0.25) is 9.79 Å². The molecule has 0 bridgehead atoms. The topological polar surface area (TPSA) is 95.6 Å². The van der Waals surface area contributed by atoms with E-state index in [9.17, 15) is 4.79 Å². The molecule has 0 radical (unpaired) electrons. The molecule has 2 aromatic rings. The van der Waals surface area contributed by atoms with Crippen molar-refractivity contribution in [2.45, 2.75) is 24.3 Å². The number of amides is 1. The van der Waals surface area contributed by atoms with Gasteiger partial charge in [0, 0.05) is 55.6 Å². The van der Waals surface area contributed by atoms with Crippen molar-refractivity contribution >= 4 is 53.4 Å². The third-order valence-corrected chi connectivity index (χ3v) is 6.08. The quantitative estimate of drug-likeness (QED) is 0.153. The van der Waals surface area contributed by atoms with Gasteiger partial charge in [0.2, 0.25) is 5.91 Å². The lowest BCUT2D eigenvalue weighted by atomic mass is 9.97. The molecule has 1 amide bonds. The largest absolute Gasteiger partial charge is 0.369 e. The zero-order valence-corrected chi connectivity index (χ0v) is 20.9. The number of guanidine groups is 1. The average Bonchev–Trinajstić information content (AvgIpc) is 2.79. The van der Waals surface area contributed by atoms with Crippen LogP contribution < -0.4 is 21.3 Å².